The lowest BCUT2D eigenvalue weighted by Crippen LogP contribution is -2.28. The minimum absolute atomic E-state index is 0.0855. The minimum atomic E-state index is -2.85. The molecule has 0 N–H and O–H groups in total. The fourth-order valence-electron chi connectivity index (χ4n) is 2.06. The molecule has 1 heterocycles. The Bertz CT molecular complexity index is 731. The van der Waals surface area contributed by atoms with Crippen molar-refractivity contribution in [2.24, 2.45) is 0 Å². The second-order valence-electron chi connectivity index (χ2n) is 6.61. The zero-order chi connectivity index (χ0) is 19.3. The van der Waals surface area contributed by atoms with Crippen LogP contribution in [0.25, 0.3) is 0 Å². The lowest BCUT2D eigenvalue weighted by Gasteiger charge is -2.20. The van der Waals surface area contributed by atoms with Crippen LogP contribution < -0.4 is 4.74 Å². The number of carbonyl (C=O) groups is 1. The average Bonchev–Trinajstić information content (AvgIpc) is 3.02. The largest absolute Gasteiger partial charge is 0.435 e. The van der Waals surface area contributed by atoms with Gasteiger partial charge in [0.2, 0.25) is 11.1 Å². The number of halogens is 2. The van der Waals surface area contributed by atoms with Gasteiger partial charge in [0.1, 0.15) is 5.75 Å². The maximum atomic E-state index is 12.3. The summed E-state index contributed by atoms with van der Waals surface area (Å²) in [5, 5.41) is 12.1. The molecule has 0 spiro atoms. The van der Waals surface area contributed by atoms with Crippen molar-refractivity contribution in [1.82, 2.24) is 25.1 Å². The minimum Gasteiger partial charge on any atom is -0.435 e. The molecule has 0 atom stereocenters. The van der Waals surface area contributed by atoms with E-state index in [1.165, 1.54) is 23.9 Å². The number of hydrogen-bond acceptors (Lipinski definition) is 6. The molecule has 10 heteroatoms. The van der Waals surface area contributed by atoms with Gasteiger partial charge in [-0.3, -0.25) is 4.79 Å². The summed E-state index contributed by atoms with van der Waals surface area (Å²) < 4.78 is 30.3. The number of rotatable bonds is 7. The van der Waals surface area contributed by atoms with E-state index >= 15 is 0 Å². The van der Waals surface area contributed by atoms with E-state index in [4.69, 9.17) is 0 Å². The number of benzene rings is 1. The standard InChI is InChI=1S/C16H21F2N5O2S/c1-16(2,3)23-15(19-20-21-23)26-10-13(24)22(4)9-11-5-7-12(8-6-11)25-14(17)18/h5-8,14H,9-10H2,1-4H3. The van der Waals surface area contributed by atoms with Gasteiger partial charge in [0.05, 0.1) is 11.3 Å². The molecular weight excluding hydrogens is 364 g/mol. The first-order valence-corrected chi connectivity index (χ1v) is 8.85. The zero-order valence-corrected chi connectivity index (χ0v) is 15.8. The Hall–Kier alpha value is -2.23. The van der Waals surface area contributed by atoms with Crippen molar-refractivity contribution in [3.8, 4) is 5.75 Å². The van der Waals surface area contributed by atoms with Crippen LogP contribution in [-0.2, 0) is 16.9 Å². The molecule has 7 nitrogen and oxygen atoms in total. The maximum Gasteiger partial charge on any atom is 0.387 e. The van der Waals surface area contributed by atoms with Crippen molar-refractivity contribution in [3.05, 3.63) is 29.8 Å². The van der Waals surface area contributed by atoms with Crippen molar-refractivity contribution < 1.29 is 18.3 Å². The molecule has 2 aromatic rings. The zero-order valence-electron chi connectivity index (χ0n) is 15.0. The van der Waals surface area contributed by atoms with Crippen LogP contribution in [-0.4, -0.2) is 50.4 Å². The van der Waals surface area contributed by atoms with Crippen LogP contribution in [0, 0.1) is 0 Å². The van der Waals surface area contributed by atoms with Gasteiger partial charge < -0.3 is 9.64 Å². The number of nitrogens with zero attached hydrogens (tertiary/aromatic N) is 5. The fourth-order valence-corrected chi connectivity index (χ4v) is 3.06. The lowest BCUT2D eigenvalue weighted by molar-refractivity contribution is -0.127. The average molecular weight is 385 g/mol. The molecule has 0 radical (unpaired) electrons. The third-order valence-electron chi connectivity index (χ3n) is 3.40. The monoisotopic (exact) mass is 385 g/mol. The molecule has 0 fully saturated rings. The first kappa shape index (κ1) is 20.1. The maximum absolute atomic E-state index is 12.3. The van der Waals surface area contributed by atoms with E-state index in [9.17, 15) is 13.6 Å². The summed E-state index contributed by atoms with van der Waals surface area (Å²) in [5.74, 6) is 0.188. The SMILES string of the molecule is CN(Cc1ccc(OC(F)F)cc1)C(=O)CSc1nnnn1C(C)(C)C. The Kier molecular flexibility index (Phi) is 6.52. The smallest absolute Gasteiger partial charge is 0.387 e. The summed E-state index contributed by atoms with van der Waals surface area (Å²) in [7, 11) is 1.68. The van der Waals surface area contributed by atoms with Crippen LogP contribution in [0.3, 0.4) is 0 Å². The molecule has 0 saturated carbocycles. The number of carbonyl (C=O) groups excluding carboxylic acids is 1. The molecule has 0 aliphatic carbocycles. The van der Waals surface area contributed by atoms with Crippen molar-refractivity contribution in [1.29, 1.82) is 0 Å². The normalized spacial score (nSPS) is 11.7. The molecule has 1 aromatic heterocycles. The predicted octanol–water partition coefficient (Wildman–Crippen LogP) is 2.78. The van der Waals surface area contributed by atoms with E-state index in [1.807, 2.05) is 20.8 Å². The van der Waals surface area contributed by atoms with Crippen LogP contribution in [0.15, 0.2) is 29.4 Å². The van der Waals surface area contributed by atoms with Crippen LogP contribution in [0.1, 0.15) is 26.3 Å². The van der Waals surface area contributed by atoms with E-state index in [-0.39, 0.29) is 22.9 Å². The Morgan fingerprint density at radius 2 is 1.96 bits per heavy atom. The second kappa shape index (κ2) is 8.43. The number of tetrazole rings is 1. The number of amides is 1. The van der Waals surface area contributed by atoms with E-state index < -0.39 is 6.61 Å². The molecule has 0 unspecified atom stereocenters. The van der Waals surface area contributed by atoms with Gasteiger partial charge in [0, 0.05) is 13.6 Å². The second-order valence-corrected chi connectivity index (χ2v) is 7.55. The van der Waals surface area contributed by atoms with Gasteiger partial charge in [-0.25, -0.2) is 4.68 Å². The van der Waals surface area contributed by atoms with Gasteiger partial charge in [0.25, 0.3) is 0 Å². The van der Waals surface area contributed by atoms with Crippen molar-refractivity contribution in [2.75, 3.05) is 12.8 Å². The van der Waals surface area contributed by atoms with Crippen LogP contribution in [0.2, 0.25) is 0 Å². The number of aromatic nitrogens is 4. The van der Waals surface area contributed by atoms with Crippen molar-refractivity contribution in [2.45, 2.75) is 44.6 Å². The van der Waals surface area contributed by atoms with Crippen LogP contribution >= 0.6 is 11.8 Å². The van der Waals surface area contributed by atoms with Gasteiger partial charge in [-0.1, -0.05) is 23.9 Å². The van der Waals surface area contributed by atoms with E-state index in [0.29, 0.717) is 11.7 Å². The first-order valence-electron chi connectivity index (χ1n) is 7.86. The van der Waals surface area contributed by atoms with Crippen LogP contribution in [0.4, 0.5) is 8.78 Å². The molecule has 0 bridgehead atoms. The van der Waals surface area contributed by atoms with Gasteiger partial charge >= 0.3 is 6.61 Å². The van der Waals surface area contributed by atoms with E-state index in [0.717, 1.165) is 5.56 Å². The quantitative estimate of drug-likeness (QED) is 0.683. The third-order valence-corrected chi connectivity index (χ3v) is 4.30. The molecule has 2 rings (SSSR count). The van der Waals surface area contributed by atoms with Gasteiger partial charge in [-0.05, 0) is 48.9 Å². The highest BCUT2D eigenvalue weighted by molar-refractivity contribution is 7.99. The summed E-state index contributed by atoms with van der Waals surface area (Å²) in [6.07, 6.45) is 0. The molecule has 1 amide bonds. The summed E-state index contributed by atoms with van der Waals surface area (Å²) in [5.41, 5.74) is 0.537. The molecule has 142 valence electrons. The first-order chi connectivity index (χ1) is 12.2. The Labute approximate surface area is 154 Å². The van der Waals surface area contributed by atoms with Crippen LogP contribution in [0.5, 0.6) is 5.75 Å². The van der Waals surface area contributed by atoms with Crippen molar-refractivity contribution in [3.63, 3.8) is 0 Å². The van der Waals surface area contributed by atoms with Gasteiger partial charge in [-0.15, -0.1) is 5.10 Å². The van der Waals surface area contributed by atoms with Gasteiger partial charge in [0.15, 0.2) is 0 Å². The third kappa shape index (κ3) is 5.65. The van der Waals surface area contributed by atoms with E-state index in [2.05, 4.69) is 20.3 Å². The number of hydrogen-bond donors (Lipinski definition) is 0. The summed E-state index contributed by atoms with van der Waals surface area (Å²) in [6.45, 7) is 3.43. The molecule has 0 saturated heterocycles. The highest BCUT2D eigenvalue weighted by Gasteiger charge is 2.21. The highest BCUT2D eigenvalue weighted by atomic mass is 32.2. The lowest BCUT2D eigenvalue weighted by atomic mass is 10.1. The molecule has 1 aromatic carbocycles. The molecular formula is C16H21F2N5O2S. The molecule has 0 aliphatic heterocycles. The van der Waals surface area contributed by atoms with E-state index in [1.54, 1.807) is 28.8 Å². The Morgan fingerprint density at radius 3 is 2.54 bits per heavy atom. The molecule has 0 aliphatic rings. The van der Waals surface area contributed by atoms with Gasteiger partial charge in [-0.2, -0.15) is 8.78 Å². The number of ether oxygens (including phenoxy) is 1. The Balaban J connectivity index is 1.89. The predicted molar refractivity (Wildman–Crippen MR) is 93.1 cm³/mol. The fraction of sp³-hybridized carbons (Fsp3) is 0.500. The summed E-state index contributed by atoms with van der Waals surface area (Å²) in [6, 6.07) is 6.20. The highest BCUT2D eigenvalue weighted by Crippen LogP contribution is 2.22. The molecule has 26 heavy (non-hydrogen) atoms. The summed E-state index contributed by atoms with van der Waals surface area (Å²) in [4.78, 5) is 13.9. The number of thioether (sulfide) groups is 1. The summed E-state index contributed by atoms with van der Waals surface area (Å²) >= 11 is 1.27. The van der Waals surface area contributed by atoms with Crippen molar-refractivity contribution >= 4 is 17.7 Å². The topological polar surface area (TPSA) is 73.1 Å². The number of alkyl halides is 2. The Morgan fingerprint density at radius 1 is 1.31 bits per heavy atom.